The molecule has 2 heterocycles. The van der Waals surface area contributed by atoms with E-state index in [0.29, 0.717) is 11.5 Å². The predicted molar refractivity (Wildman–Crippen MR) is 50.7 cm³/mol. The Kier molecular flexibility index (Phi) is 2.02. The Labute approximate surface area is 81.0 Å². The first-order valence-electron chi connectivity index (χ1n) is 4.38. The summed E-state index contributed by atoms with van der Waals surface area (Å²) in [6.07, 6.45) is 0. The van der Waals surface area contributed by atoms with E-state index in [0.717, 1.165) is 13.1 Å². The summed E-state index contributed by atoms with van der Waals surface area (Å²) in [5, 5.41) is 0. The molecule has 0 saturated heterocycles. The summed E-state index contributed by atoms with van der Waals surface area (Å²) in [5.74, 6) is -1.44. The summed E-state index contributed by atoms with van der Waals surface area (Å²) in [5.41, 5.74) is 0.637. The number of aromatic nitrogens is 1. The molecule has 0 bridgehead atoms. The minimum atomic E-state index is -1.04. The Balaban J connectivity index is 2.56. The fraction of sp³-hybridized carbons (Fsp3) is 0.444. The van der Waals surface area contributed by atoms with Crippen LogP contribution in [-0.4, -0.2) is 32.2 Å². The normalized spacial score (nSPS) is 15.7. The van der Waals surface area contributed by atoms with Crippen molar-refractivity contribution < 1.29 is 8.78 Å². The average Bonchev–Trinajstić information content (AvgIpc) is 2.15. The van der Waals surface area contributed by atoms with E-state index < -0.39 is 11.8 Å². The largest absolute Gasteiger partial charge is 0.370 e. The van der Waals surface area contributed by atoms with E-state index in [9.17, 15) is 8.78 Å². The Hall–Kier alpha value is -1.39. The lowest BCUT2D eigenvalue weighted by Crippen LogP contribution is -2.37. The van der Waals surface area contributed by atoms with Gasteiger partial charge < -0.3 is 9.80 Å². The third-order valence-electron chi connectivity index (χ3n) is 2.44. The molecule has 0 atom stereocenters. The second-order valence-electron chi connectivity index (χ2n) is 3.45. The second-order valence-corrected chi connectivity index (χ2v) is 3.45. The van der Waals surface area contributed by atoms with Gasteiger partial charge in [0, 0.05) is 33.3 Å². The van der Waals surface area contributed by atoms with Crippen molar-refractivity contribution in [3.63, 3.8) is 0 Å². The summed E-state index contributed by atoms with van der Waals surface area (Å²) in [6.45, 7) is 1.55. The third kappa shape index (κ3) is 1.29. The number of halogens is 2. The maximum atomic E-state index is 12.9. The molecule has 1 aromatic heterocycles. The molecule has 0 fully saturated rings. The van der Waals surface area contributed by atoms with Crippen molar-refractivity contribution in [1.82, 2.24) is 4.98 Å². The van der Waals surface area contributed by atoms with Gasteiger partial charge in [0.25, 0.3) is 5.95 Å². The second kappa shape index (κ2) is 3.08. The summed E-state index contributed by atoms with van der Waals surface area (Å²) >= 11 is 0. The highest BCUT2D eigenvalue weighted by molar-refractivity contribution is 5.68. The van der Waals surface area contributed by atoms with E-state index in [1.54, 1.807) is 0 Å². The van der Waals surface area contributed by atoms with Gasteiger partial charge in [-0.3, -0.25) is 0 Å². The summed E-state index contributed by atoms with van der Waals surface area (Å²) < 4.78 is 25.8. The van der Waals surface area contributed by atoms with Crippen molar-refractivity contribution in [3.05, 3.63) is 17.8 Å². The zero-order valence-electron chi connectivity index (χ0n) is 8.09. The van der Waals surface area contributed by atoms with Crippen LogP contribution in [0.25, 0.3) is 0 Å². The van der Waals surface area contributed by atoms with Crippen LogP contribution in [0.2, 0.25) is 0 Å². The van der Waals surface area contributed by atoms with Crippen molar-refractivity contribution in [3.8, 4) is 0 Å². The molecule has 5 heteroatoms. The molecular weight excluding hydrogens is 188 g/mol. The molecular formula is C9H11F2N3. The van der Waals surface area contributed by atoms with Crippen LogP contribution >= 0.6 is 0 Å². The van der Waals surface area contributed by atoms with Crippen molar-refractivity contribution in [2.75, 3.05) is 37.0 Å². The molecule has 0 aromatic carbocycles. The van der Waals surface area contributed by atoms with Crippen LogP contribution < -0.4 is 9.80 Å². The van der Waals surface area contributed by atoms with Gasteiger partial charge in [-0.05, 0) is 0 Å². The van der Waals surface area contributed by atoms with Gasteiger partial charge in [0.15, 0.2) is 11.6 Å². The molecule has 14 heavy (non-hydrogen) atoms. The summed E-state index contributed by atoms with van der Waals surface area (Å²) in [4.78, 5) is 7.27. The van der Waals surface area contributed by atoms with E-state index in [1.165, 1.54) is 6.07 Å². The highest BCUT2D eigenvalue weighted by atomic mass is 19.2. The SMILES string of the molecule is CN1CCN(C)c2nc(F)c(F)cc21. The van der Waals surface area contributed by atoms with Crippen molar-refractivity contribution in [1.29, 1.82) is 0 Å². The van der Waals surface area contributed by atoms with Gasteiger partial charge >= 0.3 is 0 Å². The summed E-state index contributed by atoms with van der Waals surface area (Å²) in [7, 11) is 3.65. The van der Waals surface area contributed by atoms with Crippen molar-refractivity contribution in [2.24, 2.45) is 0 Å². The van der Waals surface area contributed by atoms with Crippen LogP contribution in [-0.2, 0) is 0 Å². The fourth-order valence-electron chi connectivity index (χ4n) is 1.54. The number of likely N-dealkylation sites (N-methyl/N-ethyl adjacent to an activating group) is 2. The predicted octanol–water partition coefficient (Wildman–Crippen LogP) is 1.25. The topological polar surface area (TPSA) is 19.4 Å². The number of fused-ring (bicyclic) bond motifs is 1. The molecule has 0 radical (unpaired) electrons. The molecule has 2 rings (SSSR count). The number of hydrogen-bond acceptors (Lipinski definition) is 3. The first kappa shape index (κ1) is 9.18. The van der Waals surface area contributed by atoms with Gasteiger partial charge in [-0.25, -0.2) is 4.39 Å². The zero-order valence-corrected chi connectivity index (χ0v) is 8.09. The molecule has 0 aliphatic carbocycles. The third-order valence-corrected chi connectivity index (χ3v) is 2.44. The smallest absolute Gasteiger partial charge is 0.251 e. The molecule has 0 N–H and O–H groups in total. The van der Waals surface area contributed by atoms with E-state index in [1.807, 2.05) is 23.9 Å². The lowest BCUT2D eigenvalue weighted by molar-refractivity contribution is 0.477. The zero-order chi connectivity index (χ0) is 10.3. The van der Waals surface area contributed by atoms with Crippen LogP contribution in [0.3, 0.4) is 0 Å². The molecule has 0 spiro atoms. The fourth-order valence-corrected chi connectivity index (χ4v) is 1.54. The first-order valence-corrected chi connectivity index (χ1v) is 4.38. The molecule has 1 aliphatic heterocycles. The number of anilines is 2. The van der Waals surface area contributed by atoms with Gasteiger partial charge in [-0.2, -0.15) is 9.37 Å². The van der Waals surface area contributed by atoms with E-state index >= 15 is 0 Å². The average molecular weight is 199 g/mol. The van der Waals surface area contributed by atoms with Gasteiger partial charge in [-0.15, -0.1) is 0 Å². The van der Waals surface area contributed by atoms with E-state index in [4.69, 9.17) is 0 Å². The van der Waals surface area contributed by atoms with Gasteiger partial charge in [0.05, 0.1) is 5.69 Å². The Morgan fingerprint density at radius 1 is 1.21 bits per heavy atom. The number of rotatable bonds is 0. The maximum absolute atomic E-state index is 12.9. The molecule has 0 amide bonds. The van der Waals surface area contributed by atoms with Gasteiger partial charge in [0.2, 0.25) is 0 Å². The Bertz CT molecular complexity index is 332. The van der Waals surface area contributed by atoms with Gasteiger partial charge in [-0.1, -0.05) is 0 Å². The summed E-state index contributed by atoms with van der Waals surface area (Å²) in [6, 6.07) is 1.19. The van der Waals surface area contributed by atoms with E-state index in [-0.39, 0.29) is 0 Å². The number of pyridine rings is 1. The molecule has 0 saturated carbocycles. The standard InChI is InChI=1S/C9H11F2N3/c1-13-3-4-14(2)9-7(13)5-6(10)8(11)12-9/h5H,3-4H2,1-2H3. The van der Waals surface area contributed by atoms with Crippen molar-refractivity contribution >= 4 is 11.5 Å². The Morgan fingerprint density at radius 2 is 1.86 bits per heavy atom. The van der Waals surface area contributed by atoms with Crippen LogP contribution in [0.15, 0.2) is 6.07 Å². The van der Waals surface area contributed by atoms with Crippen LogP contribution in [0.4, 0.5) is 20.3 Å². The molecule has 1 aliphatic rings. The maximum Gasteiger partial charge on any atom is 0.251 e. The number of nitrogens with zero attached hydrogens (tertiary/aromatic N) is 3. The lowest BCUT2D eigenvalue weighted by atomic mass is 10.2. The van der Waals surface area contributed by atoms with Gasteiger partial charge in [0.1, 0.15) is 0 Å². The molecule has 76 valence electrons. The molecule has 1 aromatic rings. The highest BCUT2D eigenvalue weighted by Gasteiger charge is 2.21. The minimum absolute atomic E-state index is 0.498. The quantitative estimate of drug-likeness (QED) is 0.586. The van der Waals surface area contributed by atoms with Crippen LogP contribution in [0, 0.1) is 11.8 Å². The lowest BCUT2D eigenvalue weighted by Gasteiger charge is -2.33. The highest BCUT2D eigenvalue weighted by Crippen LogP contribution is 2.30. The van der Waals surface area contributed by atoms with Crippen molar-refractivity contribution in [2.45, 2.75) is 0 Å². The first-order chi connectivity index (χ1) is 6.59. The monoisotopic (exact) mass is 199 g/mol. The number of hydrogen-bond donors (Lipinski definition) is 0. The molecule has 0 unspecified atom stereocenters. The van der Waals surface area contributed by atoms with E-state index in [2.05, 4.69) is 4.98 Å². The van der Waals surface area contributed by atoms with Crippen LogP contribution in [0.1, 0.15) is 0 Å². The van der Waals surface area contributed by atoms with Crippen LogP contribution in [0.5, 0.6) is 0 Å². The Morgan fingerprint density at radius 3 is 2.57 bits per heavy atom. The molecule has 3 nitrogen and oxygen atoms in total. The minimum Gasteiger partial charge on any atom is -0.370 e.